The highest BCUT2D eigenvalue weighted by Crippen LogP contribution is 2.31. The summed E-state index contributed by atoms with van der Waals surface area (Å²) >= 11 is 0. The number of nitrogens with zero attached hydrogens (tertiary/aromatic N) is 1. The van der Waals surface area contributed by atoms with Crippen LogP contribution < -0.4 is 10.2 Å². The fourth-order valence-electron chi connectivity index (χ4n) is 3.12. The molecular weight excluding hydrogens is 267 g/mol. The molecule has 21 heavy (non-hydrogen) atoms. The molecule has 0 radical (unpaired) electrons. The largest absolute Gasteiger partial charge is 0.377 e. The molecule has 0 bridgehead atoms. The molecule has 1 N–H and O–H groups in total. The van der Waals surface area contributed by atoms with Gasteiger partial charge in [-0.15, -0.1) is 0 Å². The van der Waals surface area contributed by atoms with E-state index in [0.717, 1.165) is 43.7 Å². The Hall–Kier alpha value is -1.13. The number of hydrogen-bond acceptors (Lipinski definition) is 3. The molecule has 1 aliphatic carbocycles. The number of benzene rings is 1. The zero-order valence-electron chi connectivity index (χ0n) is 13.0. The minimum absolute atomic E-state index is 0.103. The molecule has 1 atom stereocenters. The highest BCUT2D eigenvalue weighted by Gasteiger charge is 2.31. The predicted molar refractivity (Wildman–Crippen MR) is 83.1 cm³/mol. The molecule has 3 rings (SSSR count). The lowest BCUT2D eigenvalue weighted by Gasteiger charge is -2.41. The van der Waals surface area contributed by atoms with Crippen LogP contribution in [-0.2, 0) is 11.3 Å². The van der Waals surface area contributed by atoms with Crippen LogP contribution in [0.3, 0.4) is 0 Å². The third kappa shape index (κ3) is 3.55. The number of hydrogen-bond donors (Lipinski definition) is 1. The standard InChI is InChI=1S/C17H25FN2O/c1-17(21-2)8-3-9-20(12-17)16-7-4-14(18)10-13(16)11-19-15-5-6-15/h4,7,10,15,19H,3,5-6,8-9,11-12H2,1-2H3. The van der Waals surface area contributed by atoms with E-state index in [9.17, 15) is 4.39 Å². The highest BCUT2D eigenvalue weighted by atomic mass is 19.1. The molecule has 116 valence electrons. The zero-order valence-corrected chi connectivity index (χ0v) is 13.0. The summed E-state index contributed by atoms with van der Waals surface area (Å²) in [7, 11) is 1.78. The molecular formula is C17H25FN2O. The van der Waals surface area contributed by atoms with Gasteiger partial charge in [-0.25, -0.2) is 4.39 Å². The summed E-state index contributed by atoms with van der Waals surface area (Å²) in [6.45, 7) is 4.79. The quantitative estimate of drug-likeness (QED) is 0.902. The molecule has 1 saturated heterocycles. The van der Waals surface area contributed by atoms with Gasteiger partial charge in [-0.05, 0) is 56.4 Å². The fraction of sp³-hybridized carbons (Fsp3) is 0.647. The maximum absolute atomic E-state index is 13.6. The lowest BCUT2D eigenvalue weighted by atomic mass is 9.93. The Morgan fingerprint density at radius 1 is 1.43 bits per heavy atom. The molecule has 0 aromatic heterocycles. The number of nitrogens with one attached hydrogen (secondary N) is 1. The van der Waals surface area contributed by atoms with Crippen LogP contribution in [0.2, 0.25) is 0 Å². The first-order valence-electron chi connectivity index (χ1n) is 7.91. The maximum atomic E-state index is 13.6. The van der Waals surface area contributed by atoms with Crippen LogP contribution in [-0.4, -0.2) is 31.8 Å². The molecule has 1 unspecified atom stereocenters. The van der Waals surface area contributed by atoms with Gasteiger partial charge in [0.05, 0.1) is 5.60 Å². The van der Waals surface area contributed by atoms with Crippen molar-refractivity contribution in [1.29, 1.82) is 0 Å². The van der Waals surface area contributed by atoms with Crippen LogP contribution in [0.5, 0.6) is 0 Å². The van der Waals surface area contributed by atoms with Crippen LogP contribution in [0, 0.1) is 5.82 Å². The van der Waals surface area contributed by atoms with Gasteiger partial charge in [0, 0.05) is 38.5 Å². The summed E-state index contributed by atoms with van der Waals surface area (Å²) in [4.78, 5) is 2.34. The van der Waals surface area contributed by atoms with E-state index in [4.69, 9.17) is 4.74 Å². The topological polar surface area (TPSA) is 24.5 Å². The highest BCUT2D eigenvalue weighted by molar-refractivity contribution is 5.54. The van der Waals surface area contributed by atoms with Crippen molar-refractivity contribution in [3.05, 3.63) is 29.6 Å². The molecule has 4 heteroatoms. The average Bonchev–Trinajstić information content (AvgIpc) is 3.29. The Balaban J connectivity index is 1.79. The van der Waals surface area contributed by atoms with Gasteiger partial charge >= 0.3 is 0 Å². The smallest absolute Gasteiger partial charge is 0.123 e. The SMILES string of the molecule is COC1(C)CCCN(c2ccc(F)cc2CNC2CC2)C1. The van der Waals surface area contributed by atoms with Gasteiger partial charge in [0.15, 0.2) is 0 Å². The molecule has 0 amide bonds. The van der Waals surface area contributed by atoms with Gasteiger partial charge in [0.1, 0.15) is 5.82 Å². The second kappa shape index (κ2) is 5.93. The van der Waals surface area contributed by atoms with E-state index in [1.165, 1.54) is 12.8 Å². The van der Waals surface area contributed by atoms with Gasteiger partial charge < -0.3 is 15.0 Å². The van der Waals surface area contributed by atoms with Crippen LogP contribution in [0.4, 0.5) is 10.1 Å². The minimum Gasteiger partial charge on any atom is -0.377 e. The van der Waals surface area contributed by atoms with Crippen molar-refractivity contribution in [3.63, 3.8) is 0 Å². The molecule has 2 aliphatic rings. The van der Waals surface area contributed by atoms with Gasteiger partial charge in [-0.3, -0.25) is 0 Å². The summed E-state index contributed by atoms with van der Waals surface area (Å²) in [6, 6.07) is 5.78. The first-order chi connectivity index (χ1) is 10.1. The summed E-state index contributed by atoms with van der Waals surface area (Å²) in [5, 5.41) is 3.49. The van der Waals surface area contributed by atoms with Gasteiger partial charge in [0.2, 0.25) is 0 Å². The minimum atomic E-state index is -0.155. The lowest BCUT2D eigenvalue weighted by molar-refractivity contribution is -0.00468. The first kappa shape index (κ1) is 14.8. The Bertz CT molecular complexity index is 504. The molecule has 2 fully saturated rings. The maximum Gasteiger partial charge on any atom is 0.123 e. The summed E-state index contributed by atoms with van der Waals surface area (Å²) in [5.41, 5.74) is 2.10. The van der Waals surface area contributed by atoms with Gasteiger partial charge in [-0.1, -0.05) is 0 Å². The van der Waals surface area contributed by atoms with Gasteiger partial charge in [0.25, 0.3) is 0 Å². The van der Waals surface area contributed by atoms with Crippen molar-refractivity contribution >= 4 is 5.69 Å². The van der Waals surface area contributed by atoms with E-state index in [1.54, 1.807) is 19.2 Å². The van der Waals surface area contributed by atoms with Crippen LogP contribution in [0.15, 0.2) is 18.2 Å². The van der Waals surface area contributed by atoms with E-state index in [2.05, 4.69) is 17.1 Å². The number of piperidine rings is 1. The van der Waals surface area contributed by atoms with E-state index >= 15 is 0 Å². The Kier molecular flexibility index (Phi) is 4.18. The molecule has 1 saturated carbocycles. The number of rotatable bonds is 5. The van der Waals surface area contributed by atoms with E-state index in [-0.39, 0.29) is 11.4 Å². The number of anilines is 1. The molecule has 0 spiro atoms. The fourth-order valence-corrected chi connectivity index (χ4v) is 3.12. The van der Waals surface area contributed by atoms with Crippen molar-refractivity contribution in [2.24, 2.45) is 0 Å². The van der Waals surface area contributed by atoms with E-state index < -0.39 is 0 Å². The Morgan fingerprint density at radius 2 is 2.24 bits per heavy atom. The average molecular weight is 292 g/mol. The van der Waals surface area contributed by atoms with Gasteiger partial charge in [-0.2, -0.15) is 0 Å². The van der Waals surface area contributed by atoms with Crippen molar-refractivity contribution in [3.8, 4) is 0 Å². The van der Waals surface area contributed by atoms with Crippen LogP contribution in [0.1, 0.15) is 38.2 Å². The monoisotopic (exact) mass is 292 g/mol. The zero-order chi connectivity index (χ0) is 14.9. The van der Waals surface area contributed by atoms with Crippen LogP contribution >= 0.6 is 0 Å². The number of methoxy groups -OCH3 is 1. The second-order valence-electron chi connectivity index (χ2n) is 6.61. The molecule has 1 heterocycles. The normalized spacial score (nSPS) is 26.1. The lowest BCUT2D eigenvalue weighted by Crippen LogP contribution is -2.47. The third-order valence-corrected chi connectivity index (χ3v) is 4.69. The Morgan fingerprint density at radius 3 is 2.95 bits per heavy atom. The van der Waals surface area contributed by atoms with E-state index in [0.29, 0.717) is 6.04 Å². The number of halogens is 1. The summed E-state index contributed by atoms with van der Waals surface area (Å²) in [5.74, 6) is -0.155. The van der Waals surface area contributed by atoms with Crippen molar-refractivity contribution in [2.45, 2.75) is 50.8 Å². The molecule has 1 aromatic rings. The van der Waals surface area contributed by atoms with Crippen molar-refractivity contribution in [1.82, 2.24) is 5.32 Å². The summed E-state index contributed by atoms with van der Waals surface area (Å²) in [6.07, 6.45) is 4.68. The second-order valence-corrected chi connectivity index (χ2v) is 6.61. The third-order valence-electron chi connectivity index (χ3n) is 4.69. The predicted octanol–water partition coefficient (Wildman–Crippen LogP) is 3.08. The molecule has 3 nitrogen and oxygen atoms in total. The van der Waals surface area contributed by atoms with Crippen molar-refractivity contribution in [2.75, 3.05) is 25.1 Å². The van der Waals surface area contributed by atoms with Crippen molar-refractivity contribution < 1.29 is 9.13 Å². The summed E-state index contributed by atoms with van der Waals surface area (Å²) < 4.78 is 19.3. The van der Waals surface area contributed by atoms with Crippen LogP contribution in [0.25, 0.3) is 0 Å². The molecule has 1 aliphatic heterocycles. The number of ether oxygens (including phenoxy) is 1. The molecule has 1 aromatic carbocycles. The van der Waals surface area contributed by atoms with E-state index in [1.807, 2.05) is 6.07 Å². The Labute approximate surface area is 126 Å². The first-order valence-corrected chi connectivity index (χ1v) is 7.91.